The van der Waals surface area contributed by atoms with E-state index in [1.807, 2.05) is 39.8 Å². The van der Waals surface area contributed by atoms with Crippen molar-refractivity contribution < 1.29 is 13.9 Å². The van der Waals surface area contributed by atoms with Gasteiger partial charge in [0.1, 0.15) is 22.9 Å². The van der Waals surface area contributed by atoms with Crippen LogP contribution in [0.5, 0.6) is 0 Å². The lowest BCUT2D eigenvalue weighted by molar-refractivity contribution is 0.0720. The number of ether oxygens (including phenoxy) is 1. The Morgan fingerprint density at radius 3 is 2.44 bits per heavy atom. The van der Waals surface area contributed by atoms with Crippen LogP contribution in [-0.2, 0) is 11.3 Å². The molecule has 9 heteroatoms. The summed E-state index contributed by atoms with van der Waals surface area (Å²) in [5, 5.41) is 6.72. The third-order valence-electron chi connectivity index (χ3n) is 6.04. The van der Waals surface area contributed by atoms with Crippen molar-refractivity contribution in [1.29, 1.82) is 0 Å². The summed E-state index contributed by atoms with van der Waals surface area (Å²) in [6.07, 6.45) is 0. The molecule has 0 aliphatic carbocycles. The summed E-state index contributed by atoms with van der Waals surface area (Å²) in [7, 11) is 1.57. The van der Waals surface area contributed by atoms with Gasteiger partial charge in [0, 0.05) is 30.8 Å². The molecule has 0 saturated heterocycles. The first-order valence-electron chi connectivity index (χ1n) is 11.1. The number of rotatable bonds is 8. The molecule has 2 N–H and O–H groups in total. The third kappa shape index (κ3) is 4.23. The molecule has 4 rings (SSSR count). The normalized spacial score (nSPS) is 14.5. The summed E-state index contributed by atoms with van der Waals surface area (Å²) >= 11 is 6.37. The number of benzene rings is 1. The molecule has 0 saturated carbocycles. The maximum Gasteiger partial charge on any atom is 0.256 e. The lowest BCUT2D eigenvalue weighted by Gasteiger charge is -2.31. The summed E-state index contributed by atoms with van der Waals surface area (Å²) in [6, 6.07) is 6.69. The van der Waals surface area contributed by atoms with Crippen molar-refractivity contribution in [3.63, 3.8) is 0 Å². The number of carbonyl (C=O) groups is 1. The largest absolute Gasteiger partial charge is 0.464 e. The summed E-state index contributed by atoms with van der Waals surface area (Å²) < 4.78 is 10.9. The van der Waals surface area contributed by atoms with Crippen molar-refractivity contribution in [3.8, 4) is 0 Å². The van der Waals surface area contributed by atoms with E-state index in [1.165, 1.54) is 0 Å². The fourth-order valence-electron chi connectivity index (χ4n) is 4.18. The highest BCUT2D eigenvalue weighted by Crippen LogP contribution is 2.39. The number of anilines is 3. The number of furan rings is 1. The lowest BCUT2D eigenvalue weighted by Crippen LogP contribution is -2.39. The summed E-state index contributed by atoms with van der Waals surface area (Å²) in [5.41, 5.74) is 0.229. The van der Waals surface area contributed by atoms with E-state index in [-0.39, 0.29) is 28.7 Å². The molecule has 1 atom stereocenters. The van der Waals surface area contributed by atoms with E-state index in [1.54, 1.807) is 24.1 Å². The van der Waals surface area contributed by atoms with E-state index in [0.29, 0.717) is 47.3 Å². The van der Waals surface area contributed by atoms with Gasteiger partial charge in [0.2, 0.25) is 0 Å². The van der Waals surface area contributed by atoms with Gasteiger partial charge in [-0.25, -0.2) is 0 Å². The predicted molar refractivity (Wildman–Crippen MR) is 132 cm³/mol. The molecular weight excluding hydrogens is 458 g/mol. The van der Waals surface area contributed by atoms with Gasteiger partial charge in [-0.2, -0.15) is 0 Å². The molecule has 0 radical (unpaired) electrons. The quantitative estimate of drug-likeness (QED) is 0.456. The first-order chi connectivity index (χ1) is 16.0. The topological polar surface area (TPSA) is 101 Å². The second kappa shape index (κ2) is 8.92. The number of amides is 1. The number of carbonyl (C=O) groups excluding carboxylic acids is 1. The molecule has 2 heterocycles. The molecule has 2 aromatic carbocycles. The zero-order chi connectivity index (χ0) is 24.8. The standard InChI is InChI=1S/C25H28ClN3O5/c1-13-6-9-17(34-13)23(25(2,3)4)28-20-19(21(30)22(20)31)27-16-8-7-15(26)14-12-29(10-11-33-5)24(32)18(14)16/h6-9,23,27-28H,10-12H2,1-5H3/t23-/m0/s1. The van der Waals surface area contributed by atoms with Crippen LogP contribution >= 0.6 is 11.6 Å². The van der Waals surface area contributed by atoms with Crippen LogP contribution in [0.4, 0.5) is 17.1 Å². The van der Waals surface area contributed by atoms with Crippen LogP contribution < -0.4 is 21.5 Å². The average Bonchev–Trinajstić information content (AvgIpc) is 3.35. The Hall–Kier alpha value is -3.10. The van der Waals surface area contributed by atoms with Gasteiger partial charge < -0.3 is 24.7 Å². The maximum atomic E-state index is 13.1. The highest BCUT2D eigenvalue weighted by molar-refractivity contribution is 6.32. The zero-order valence-corrected chi connectivity index (χ0v) is 20.6. The Kier molecular flexibility index (Phi) is 6.31. The SMILES string of the molecule is COCCN1Cc2c(Cl)ccc(Nc3c(N[C@@H](c4ccc(C)o4)C(C)(C)C)c(=O)c3=O)c2C1=O. The molecule has 8 nitrogen and oxygen atoms in total. The smallest absolute Gasteiger partial charge is 0.256 e. The van der Waals surface area contributed by atoms with Crippen LogP contribution in [0.3, 0.4) is 0 Å². The second-order valence-corrected chi connectivity index (χ2v) is 10.0. The molecule has 0 unspecified atom stereocenters. The van der Waals surface area contributed by atoms with Crippen molar-refractivity contribution in [2.75, 3.05) is 30.9 Å². The van der Waals surface area contributed by atoms with Crippen molar-refractivity contribution in [3.05, 3.63) is 72.4 Å². The zero-order valence-electron chi connectivity index (χ0n) is 19.9. The third-order valence-corrected chi connectivity index (χ3v) is 6.40. The van der Waals surface area contributed by atoms with Crippen LogP contribution in [0, 0.1) is 12.3 Å². The number of fused-ring (bicyclic) bond motifs is 1. The molecular formula is C25H28ClN3O5. The Labute approximate surface area is 202 Å². The van der Waals surface area contributed by atoms with E-state index < -0.39 is 10.9 Å². The van der Waals surface area contributed by atoms with E-state index in [0.717, 1.165) is 5.76 Å². The van der Waals surface area contributed by atoms with Gasteiger partial charge in [-0.05, 0) is 36.6 Å². The molecule has 1 aromatic heterocycles. The van der Waals surface area contributed by atoms with Gasteiger partial charge in [0.25, 0.3) is 16.8 Å². The number of nitrogens with zero attached hydrogens (tertiary/aromatic N) is 1. The summed E-state index contributed by atoms with van der Waals surface area (Å²) in [5.74, 6) is 1.21. The molecule has 1 amide bonds. The summed E-state index contributed by atoms with van der Waals surface area (Å²) in [4.78, 5) is 39.8. The fourth-order valence-corrected chi connectivity index (χ4v) is 4.40. The number of hydrogen-bond acceptors (Lipinski definition) is 7. The van der Waals surface area contributed by atoms with Crippen molar-refractivity contribution in [2.45, 2.75) is 40.3 Å². The molecule has 0 spiro atoms. The first kappa shape index (κ1) is 24.0. The molecule has 180 valence electrons. The van der Waals surface area contributed by atoms with Crippen LogP contribution in [0.25, 0.3) is 0 Å². The Balaban J connectivity index is 1.67. The second-order valence-electron chi connectivity index (χ2n) is 9.59. The Bertz CT molecular complexity index is 1310. The van der Waals surface area contributed by atoms with Crippen LogP contribution in [0.2, 0.25) is 5.02 Å². The molecule has 0 bridgehead atoms. The maximum absolute atomic E-state index is 13.1. The number of hydrogen-bond donors (Lipinski definition) is 2. The fraction of sp³-hybridized carbons (Fsp3) is 0.400. The minimum Gasteiger partial charge on any atom is -0.464 e. The van der Waals surface area contributed by atoms with Crippen molar-refractivity contribution >= 4 is 34.6 Å². The van der Waals surface area contributed by atoms with Crippen LogP contribution in [0.15, 0.2) is 38.3 Å². The van der Waals surface area contributed by atoms with Gasteiger partial charge in [0.05, 0.1) is 23.9 Å². The number of halogens is 1. The van der Waals surface area contributed by atoms with E-state index >= 15 is 0 Å². The Morgan fingerprint density at radius 2 is 1.82 bits per heavy atom. The van der Waals surface area contributed by atoms with Gasteiger partial charge >= 0.3 is 0 Å². The van der Waals surface area contributed by atoms with E-state index in [4.69, 9.17) is 20.8 Å². The first-order valence-corrected chi connectivity index (χ1v) is 11.4. The highest BCUT2D eigenvalue weighted by atomic mass is 35.5. The number of methoxy groups -OCH3 is 1. The molecule has 1 aliphatic heterocycles. The minimum absolute atomic E-state index is 0.121. The van der Waals surface area contributed by atoms with Gasteiger partial charge in [0.15, 0.2) is 0 Å². The minimum atomic E-state index is -0.642. The number of nitrogens with one attached hydrogen (secondary N) is 2. The van der Waals surface area contributed by atoms with Crippen LogP contribution in [-0.4, -0.2) is 31.1 Å². The molecule has 3 aromatic rings. The molecule has 1 aliphatic rings. The van der Waals surface area contributed by atoms with E-state index in [9.17, 15) is 14.4 Å². The number of aryl methyl sites for hydroxylation is 1. The van der Waals surface area contributed by atoms with Crippen molar-refractivity contribution in [1.82, 2.24) is 4.90 Å². The van der Waals surface area contributed by atoms with Gasteiger partial charge in [-0.1, -0.05) is 32.4 Å². The van der Waals surface area contributed by atoms with Gasteiger partial charge in [-0.15, -0.1) is 0 Å². The predicted octanol–water partition coefficient (Wildman–Crippen LogP) is 4.38. The summed E-state index contributed by atoms with van der Waals surface area (Å²) in [6.45, 7) is 9.06. The van der Waals surface area contributed by atoms with Crippen molar-refractivity contribution in [2.24, 2.45) is 5.41 Å². The van der Waals surface area contributed by atoms with Gasteiger partial charge in [-0.3, -0.25) is 14.4 Å². The Morgan fingerprint density at radius 1 is 1.12 bits per heavy atom. The monoisotopic (exact) mass is 485 g/mol. The molecule has 0 fully saturated rings. The average molecular weight is 486 g/mol. The van der Waals surface area contributed by atoms with Crippen LogP contribution in [0.1, 0.15) is 54.3 Å². The lowest BCUT2D eigenvalue weighted by atomic mass is 9.85. The highest BCUT2D eigenvalue weighted by Gasteiger charge is 2.35. The van der Waals surface area contributed by atoms with E-state index in [2.05, 4.69) is 10.6 Å². The molecule has 34 heavy (non-hydrogen) atoms.